The molecule has 8 bridgehead atoms. The maximum absolute atomic E-state index is 5.87. The molecular formula is C58H69N5OSn. The number of likely N-dealkylation sites (N-methyl/N-ethyl adjacent to an activating group) is 1. The maximum atomic E-state index is 5.87. The van der Waals surface area contributed by atoms with E-state index < -0.39 is 0 Å². The number of aromatic nitrogens is 4. The van der Waals surface area contributed by atoms with Gasteiger partial charge in [0.2, 0.25) is 0 Å². The molecule has 0 unspecified atom stereocenters. The van der Waals surface area contributed by atoms with Gasteiger partial charge in [0.15, 0.2) is 0 Å². The van der Waals surface area contributed by atoms with Crippen LogP contribution in [-0.2, 0) is 12.8 Å². The van der Waals surface area contributed by atoms with E-state index in [1.54, 1.807) is 0 Å². The summed E-state index contributed by atoms with van der Waals surface area (Å²) in [5.41, 5.74) is 25.7. The van der Waals surface area contributed by atoms with E-state index in [1.807, 2.05) is 0 Å². The molecule has 65 heavy (non-hydrogen) atoms. The summed E-state index contributed by atoms with van der Waals surface area (Å²) >= 11 is 0. The zero-order valence-electron chi connectivity index (χ0n) is 40.8. The number of nitrogens with zero attached hydrogens (tertiary/aromatic N) is 3. The van der Waals surface area contributed by atoms with E-state index in [0.29, 0.717) is 6.61 Å². The molecule has 3 aromatic carbocycles. The van der Waals surface area contributed by atoms with Crippen LogP contribution in [0.1, 0.15) is 129 Å². The Kier molecular flexibility index (Phi) is 16.7. The summed E-state index contributed by atoms with van der Waals surface area (Å²) in [4.78, 5) is 19.9. The second-order valence-corrected chi connectivity index (χ2v) is 17.2. The summed E-state index contributed by atoms with van der Waals surface area (Å²) in [5, 5.41) is 0. The van der Waals surface area contributed by atoms with Gasteiger partial charge in [0.1, 0.15) is 12.4 Å². The van der Waals surface area contributed by atoms with Gasteiger partial charge in [0.25, 0.3) is 0 Å². The number of allylic oxidation sites excluding steroid dienone is 5. The van der Waals surface area contributed by atoms with Crippen molar-refractivity contribution < 1.29 is 4.74 Å². The molecule has 0 amide bonds. The quantitative estimate of drug-likeness (QED) is 0.0947. The number of aromatic amines is 2. The molecule has 3 aromatic heterocycles. The molecule has 6 nitrogen and oxygen atoms in total. The van der Waals surface area contributed by atoms with Gasteiger partial charge in [0, 0.05) is 28.6 Å². The number of benzene rings is 3. The molecule has 2 aliphatic heterocycles. The van der Waals surface area contributed by atoms with Crippen LogP contribution in [0.3, 0.4) is 0 Å². The predicted molar refractivity (Wildman–Crippen MR) is 283 cm³/mol. The van der Waals surface area contributed by atoms with Crippen LogP contribution in [0.25, 0.3) is 55.5 Å². The first-order valence-corrected chi connectivity index (χ1v) is 23.4. The van der Waals surface area contributed by atoms with Crippen molar-refractivity contribution in [2.45, 2.75) is 94.4 Å². The van der Waals surface area contributed by atoms with E-state index in [9.17, 15) is 0 Å². The third kappa shape index (κ3) is 10.7. The zero-order valence-corrected chi connectivity index (χ0v) is 44.8. The van der Waals surface area contributed by atoms with Crippen molar-refractivity contribution in [2.75, 3.05) is 27.2 Å². The van der Waals surface area contributed by atoms with Crippen LogP contribution in [0, 0.1) is 13.8 Å². The number of hydrogen-bond donors (Lipinski definition) is 2. The summed E-state index contributed by atoms with van der Waals surface area (Å²) < 4.78 is 5.87. The normalized spacial score (nSPS) is 12.8. The van der Waals surface area contributed by atoms with Gasteiger partial charge in [-0.25, -0.2) is 9.97 Å². The molecule has 5 heterocycles. The molecule has 2 radical (unpaired) electrons. The molecule has 6 aromatic rings. The third-order valence-corrected chi connectivity index (χ3v) is 13.0. The summed E-state index contributed by atoms with van der Waals surface area (Å²) in [6.45, 7) is 21.6. The molecule has 7 heteroatoms. The number of aryl methyl sites for hydroxylation is 4. The van der Waals surface area contributed by atoms with E-state index in [0.717, 1.165) is 89.2 Å². The Hall–Kier alpha value is -5.44. The fraction of sp³-hybridized carbons (Fsp3) is 0.310. The summed E-state index contributed by atoms with van der Waals surface area (Å²) in [6, 6.07) is 38.8. The molecule has 0 fully saturated rings. The van der Waals surface area contributed by atoms with Crippen molar-refractivity contribution in [1.82, 2.24) is 24.8 Å². The molecular weight excluding hydrogens is 901 g/mol. The molecule has 0 atom stereocenters. The number of rotatable bonds is 12. The fourth-order valence-corrected chi connectivity index (χ4v) is 9.37. The van der Waals surface area contributed by atoms with Crippen LogP contribution in [-0.4, -0.2) is 76.0 Å². The van der Waals surface area contributed by atoms with Crippen LogP contribution in [0.2, 0.25) is 0 Å². The summed E-state index contributed by atoms with van der Waals surface area (Å²) in [5.74, 6) is 0.913. The zero-order chi connectivity index (χ0) is 45.5. The average molecular weight is 971 g/mol. The molecule has 8 rings (SSSR count). The van der Waals surface area contributed by atoms with Crippen molar-refractivity contribution in [3.8, 4) is 5.75 Å². The predicted octanol–water partition coefficient (Wildman–Crippen LogP) is 13.8. The van der Waals surface area contributed by atoms with Crippen LogP contribution >= 0.6 is 0 Å². The third-order valence-electron chi connectivity index (χ3n) is 13.0. The Morgan fingerprint density at radius 1 is 0.523 bits per heavy atom. The van der Waals surface area contributed by atoms with E-state index in [2.05, 4.69) is 200 Å². The van der Waals surface area contributed by atoms with Crippen molar-refractivity contribution >= 4 is 79.4 Å². The van der Waals surface area contributed by atoms with E-state index in [4.69, 9.17) is 14.7 Å². The number of fused-ring (bicyclic) bond motifs is 8. The summed E-state index contributed by atoms with van der Waals surface area (Å²) in [7, 11) is 4.11. The van der Waals surface area contributed by atoms with Crippen molar-refractivity contribution in [3.63, 3.8) is 0 Å². The van der Waals surface area contributed by atoms with Crippen molar-refractivity contribution in [3.05, 3.63) is 171 Å². The Balaban J connectivity index is 0.000000219. The van der Waals surface area contributed by atoms with Gasteiger partial charge in [0.05, 0.1) is 22.8 Å². The van der Waals surface area contributed by atoms with Crippen LogP contribution in [0.15, 0.2) is 109 Å². The van der Waals surface area contributed by atoms with Crippen molar-refractivity contribution in [1.29, 1.82) is 0 Å². The Bertz CT molecular complexity index is 2880. The minimum absolute atomic E-state index is 0. The number of nitrogens with one attached hydrogen (secondary N) is 2. The molecule has 336 valence electrons. The van der Waals surface area contributed by atoms with Gasteiger partial charge < -0.3 is 19.6 Å². The van der Waals surface area contributed by atoms with Gasteiger partial charge in [-0.05, 0) is 183 Å². The molecule has 0 aliphatic carbocycles. The monoisotopic (exact) mass is 971 g/mol. The molecule has 2 aliphatic rings. The molecule has 0 saturated carbocycles. The summed E-state index contributed by atoms with van der Waals surface area (Å²) in [6.07, 6.45) is 4.83. The first-order valence-electron chi connectivity index (χ1n) is 23.4. The number of ether oxygens (including phenoxy) is 1. The topological polar surface area (TPSA) is 69.8 Å². The van der Waals surface area contributed by atoms with Gasteiger partial charge >= 0.3 is 23.9 Å². The van der Waals surface area contributed by atoms with Gasteiger partial charge in [-0.3, -0.25) is 0 Å². The van der Waals surface area contributed by atoms with Crippen LogP contribution in [0.4, 0.5) is 0 Å². The molecule has 0 spiro atoms. The van der Waals surface area contributed by atoms with Gasteiger partial charge in [-0.15, -0.1) is 0 Å². The van der Waals surface area contributed by atoms with Gasteiger partial charge in [-0.1, -0.05) is 107 Å². The second kappa shape index (κ2) is 22.2. The molecule has 2 N–H and O–H groups in total. The standard InChI is InChI=1S/C32H38N4.C26H29NO.Sn.2H/c1-9-21-17(5)25-13-26-18(6)23(11-3)31(34-26)16-32-24(12-4)20(8)28(36-32)15-30-22(10-2)19(7)27(35-30)14-29(21)33-25;1-4-25(21-11-7-5-8-12-21)26(22-13-9-6-10-14-22)23-15-17-24(18-16-23)28-20-19-27(2)3;;;/h13-16,33,36H,9-12H2,1-8H3;5-18H,4,19-20H2,1-3H3;;;/b;26-25-;;;. The molecule has 0 saturated heterocycles. The van der Waals surface area contributed by atoms with Crippen LogP contribution < -0.4 is 4.74 Å². The second-order valence-electron chi connectivity index (χ2n) is 17.2. The SMILES string of the molecule is CC/C(=C(\c1ccccc1)c1ccc(OCCN(C)C)cc1)c1ccccc1.CCC1=C(C)c2cc3[nH]c(cc4nc(cc5[nH]c(cc1n2)c(C)c5CC)C(CC)=C4C)c(C)c3CC.[SnH2]. The minimum atomic E-state index is 0. The Morgan fingerprint density at radius 2 is 0.954 bits per heavy atom. The number of H-pyrrole nitrogens is 2. The average Bonchev–Trinajstić information content (AvgIpc) is 3.98. The first kappa shape index (κ1) is 49.0. The Labute approximate surface area is 405 Å². The van der Waals surface area contributed by atoms with E-state index >= 15 is 0 Å². The first-order chi connectivity index (χ1) is 31.0. The van der Waals surface area contributed by atoms with Crippen molar-refractivity contribution in [2.24, 2.45) is 0 Å². The van der Waals surface area contributed by atoms with E-state index in [-0.39, 0.29) is 23.9 Å². The van der Waals surface area contributed by atoms with E-state index in [1.165, 1.54) is 72.4 Å². The Morgan fingerprint density at radius 3 is 1.40 bits per heavy atom. The number of hydrogen-bond acceptors (Lipinski definition) is 4. The fourth-order valence-electron chi connectivity index (χ4n) is 9.37. The van der Waals surface area contributed by atoms with Gasteiger partial charge in [-0.2, -0.15) is 0 Å². The van der Waals surface area contributed by atoms with Crippen LogP contribution in [0.5, 0.6) is 5.75 Å².